The second kappa shape index (κ2) is 6.93. The minimum Gasteiger partial charge on any atom is -0.315 e. The van der Waals surface area contributed by atoms with Crippen molar-refractivity contribution in [3.8, 4) is 10.7 Å². The largest absolute Gasteiger partial charge is 0.315 e. The van der Waals surface area contributed by atoms with Crippen molar-refractivity contribution in [1.29, 1.82) is 0 Å². The van der Waals surface area contributed by atoms with Crippen LogP contribution in [0.4, 0.5) is 0 Å². The van der Waals surface area contributed by atoms with Crippen LogP contribution in [0, 0.1) is 0 Å². The van der Waals surface area contributed by atoms with E-state index in [1.165, 1.54) is 0 Å². The van der Waals surface area contributed by atoms with Gasteiger partial charge < -0.3 is 5.32 Å². The normalized spacial score (nSPS) is 11.2. The monoisotopic (exact) mass is 296 g/mol. The van der Waals surface area contributed by atoms with Gasteiger partial charge in [-0.05, 0) is 25.1 Å². The van der Waals surface area contributed by atoms with Gasteiger partial charge in [0, 0.05) is 18.7 Å². The minimum absolute atomic E-state index is 0.531. The van der Waals surface area contributed by atoms with Crippen molar-refractivity contribution < 1.29 is 0 Å². The van der Waals surface area contributed by atoms with Gasteiger partial charge in [0.1, 0.15) is 10.7 Å². The van der Waals surface area contributed by atoms with E-state index in [1.54, 1.807) is 17.5 Å². The molecule has 102 valence electrons. The molecule has 2 rings (SSSR count). The van der Waals surface area contributed by atoms with E-state index >= 15 is 0 Å². The summed E-state index contributed by atoms with van der Waals surface area (Å²) in [5, 5.41) is 14.3. The van der Waals surface area contributed by atoms with Gasteiger partial charge in [-0.2, -0.15) is 0 Å². The number of pyridine rings is 1. The molecule has 0 unspecified atom stereocenters. The van der Waals surface area contributed by atoms with Gasteiger partial charge in [-0.15, -0.1) is 10.2 Å². The minimum atomic E-state index is 0.531. The van der Waals surface area contributed by atoms with Gasteiger partial charge >= 0.3 is 0 Å². The Labute approximate surface area is 122 Å². The summed E-state index contributed by atoms with van der Waals surface area (Å²) in [6.45, 7) is 5.30. The first kappa shape index (κ1) is 14.4. The van der Waals surface area contributed by atoms with Crippen LogP contribution in [0.1, 0.15) is 25.3 Å². The van der Waals surface area contributed by atoms with Crippen LogP contribution in [0.15, 0.2) is 18.3 Å². The first-order valence-corrected chi connectivity index (χ1v) is 7.52. The molecule has 2 aromatic heterocycles. The highest BCUT2D eigenvalue weighted by Crippen LogP contribution is 2.23. The molecule has 0 saturated heterocycles. The van der Waals surface area contributed by atoms with Crippen molar-refractivity contribution in [2.24, 2.45) is 0 Å². The molecule has 1 N–H and O–H groups in total. The highest BCUT2D eigenvalue weighted by Gasteiger charge is 2.07. The summed E-state index contributed by atoms with van der Waals surface area (Å²) in [6.07, 6.45) is 3.65. The smallest absolute Gasteiger partial charge is 0.166 e. The summed E-state index contributed by atoms with van der Waals surface area (Å²) < 4.78 is 0. The molecular weight excluding hydrogens is 280 g/mol. The highest BCUT2D eigenvalue weighted by atomic mass is 35.5. The zero-order valence-corrected chi connectivity index (χ0v) is 12.6. The van der Waals surface area contributed by atoms with Crippen molar-refractivity contribution >= 4 is 22.9 Å². The number of aryl methyl sites for hydroxylation is 1. The molecule has 0 aromatic carbocycles. The highest BCUT2D eigenvalue weighted by molar-refractivity contribution is 7.14. The Kier molecular flexibility index (Phi) is 5.24. The van der Waals surface area contributed by atoms with Crippen molar-refractivity contribution in [2.45, 2.75) is 32.7 Å². The summed E-state index contributed by atoms with van der Waals surface area (Å²) in [4.78, 5) is 4.25. The number of halogens is 1. The lowest BCUT2D eigenvalue weighted by atomic mass is 10.3. The third kappa shape index (κ3) is 4.53. The fourth-order valence-corrected chi connectivity index (χ4v) is 2.56. The summed E-state index contributed by atoms with van der Waals surface area (Å²) >= 11 is 7.41. The van der Waals surface area contributed by atoms with Crippen LogP contribution in [0.3, 0.4) is 0 Å². The Balaban J connectivity index is 1.90. The average molecular weight is 297 g/mol. The van der Waals surface area contributed by atoms with Crippen LogP contribution < -0.4 is 5.32 Å². The van der Waals surface area contributed by atoms with Crippen LogP contribution in [0.5, 0.6) is 0 Å². The molecule has 0 aliphatic rings. The summed E-state index contributed by atoms with van der Waals surface area (Å²) in [7, 11) is 0. The molecule has 0 spiro atoms. The van der Waals surface area contributed by atoms with Gasteiger partial charge in [-0.25, -0.2) is 0 Å². The van der Waals surface area contributed by atoms with Crippen LogP contribution in [0.2, 0.25) is 5.02 Å². The maximum Gasteiger partial charge on any atom is 0.166 e. The molecule has 6 heteroatoms. The SMILES string of the molecule is CC(C)NCCCc1nnc(-c2ccc(Cl)cn2)s1. The predicted octanol–water partition coefficient (Wildman–Crippen LogP) is 3.18. The zero-order valence-electron chi connectivity index (χ0n) is 11.1. The lowest BCUT2D eigenvalue weighted by molar-refractivity contribution is 0.569. The Morgan fingerprint density at radius 2 is 2.16 bits per heavy atom. The number of nitrogens with one attached hydrogen (secondary N) is 1. The molecule has 0 aliphatic carbocycles. The van der Waals surface area contributed by atoms with Crippen molar-refractivity contribution in [3.63, 3.8) is 0 Å². The third-order valence-electron chi connectivity index (χ3n) is 2.53. The summed E-state index contributed by atoms with van der Waals surface area (Å²) in [5.74, 6) is 0. The van der Waals surface area contributed by atoms with E-state index in [2.05, 4.69) is 34.3 Å². The molecule has 2 aromatic rings. The fraction of sp³-hybridized carbons (Fsp3) is 0.462. The summed E-state index contributed by atoms with van der Waals surface area (Å²) in [6, 6.07) is 4.22. The predicted molar refractivity (Wildman–Crippen MR) is 79.6 cm³/mol. The number of hydrogen-bond donors (Lipinski definition) is 1. The van der Waals surface area contributed by atoms with Gasteiger partial charge in [0.05, 0.1) is 5.02 Å². The van der Waals surface area contributed by atoms with Crippen molar-refractivity contribution in [2.75, 3.05) is 6.54 Å². The lowest BCUT2D eigenvalue weighted by Crippen LogP contribution is -2.23. The molecule has 4 nitrogen and oxygen atoms in total. The maximum atomic E-state index is 5.81. The van der Waals surface area contributed by atoms with Gasteiger partial charge in [0.2, 0.25) is 0 Å². The van der Waals surface area contributed by atoms with E-state index < -0.39 is 0 Å². The molecule has 0 amide bonds. The molecule has 19 heavy (non-hydrogen) atoms. The molecule has 0 saturated carbocycles. The Morgan fingerprint density at radius 3 is 2.84 bits per heavy atom. The standard InChI is InChI=1S/C13H17ClN4S/c1-9(2)15-7-3-4-12-17-18-13(19-12)11-6-5-10(14)8-16-11/h5-6,8-9,15H,3-4,7H2,1-2H3. The van der Waals surface area contributed by atoms with Crippen LogP contribution in [-0.4, -0.2) is 27.8 Å². The average Bonchev–Trinajstić information content (AvgIpc) is 2.84. The topological polar surface area (TPSA) is 50.7 Å². The van der Waals surface area contributed by atoms with E-state index in [1.807, 2.05) is 12.1 Å². The molecule has 0 fully saturated rings. The van der Waals surface area contributed by atoms with Crippen LogP contribution >= 0.6 is 22.9 Å². The molecular formula is C13H17ClN4S. The van der Waals surface area contributed by atoms with Gasteiger partial charge in [0.15, 0.2) is 5.01 Å². The molecule has 0 atom stereocenters. The molecule has 2 heterocycles. The number of nitrogens with zero attached hydrogens (tertiary/aromatic N) is 3. The quantitative estimate of drug-likeness (QED) is 0.832. The van der Waals surface area contributed by atoms with Gasteiger partial charge in [-0.3, -0.25) is 4.98 Å². The Morgan fingerprint density at radius 1 is 1.32 bits per heavy atom. The van der Waals surface area contributed by atoms with Crippen molar-refractivity contribution in [3.05, 3.63) is 28.4 Å². The van der Waals surface area contributed by atoms with E-state index in [-0.39, 0.29) is 0 Å². The Bertz CT molecular complexity index is 510. The molecule has 0 bridgehead atoms. The lowest BCUT2D eigenvalue weighted by Gasteiger charge is -2.05. The summed E-state index contributed by atoms with van der Waals surface area (Å²) in [5.41, 5.74) is 0.827. The second-order valence-corrected chi connectivity index (χ2v) is 6.07. The van der Waals surface area contributed by atoms with E-state index in [0.717, 1.165) is 35.1 Å². The van der Waals surface area contributed by atoms with E-state index in [9.17, 15) is 0 Å². The van der Waals surface area contributed by atoms with Crippen LogP contribution in [0.25, 0.3) is 10.7 Å². The first-order chi connectivity index (χ1) is 9.15. The van der Waals surface area contributed by atoms with E-state index in [4.69, 9.17) is 11.6 Å². The third-order valence-corrected chi connectivity index (χ3v) is 3.76. The molecule has 0 aliphatic heterocycles. The molecule has 0 radical (unpaired) electrons. The first-order valence-electron chi connectivity index (χ1n) is 6.33. The second-order valence-electron chi connectivity index (χ2n) is 4.57. The number of hydrogen-bond acceptors (Lipinski definition) is 5. The van der Waals surface area contributed by atoms with E-state index in [0.29, 0.717) is 11.1 Å². The zero-order chi connectivity index (χ0) is 13.7. The van der Waals surface area contributed by atoms with Crippen LogP contribution in [-0.2, 0) is 6.42 Å². The number of aromatic nitrogens is 3. The van der Waals surface area contributed by atoms with Crippen molar-refractivity contribution in [1.82, 2.24) is 20.5 Å². The fourth-order valence-electron chi connectivity index (χ4n) is 1.59. The maximum absolute atomic E-state index is 5.81. The van der Waals surface area contributed by atoms with Gasteiger partial charge in [-0.1, -0.05) is 36.8 Å². The van der Waals surface area contributed by atoms with Gasteiger partial charge in [0.25, 0.3) is 0 Å². The number of rotatable bonds is 6. The Hall–Kier alpha value is -1.04.